The first-order valence-electron chi connectivity index (χ1n) is 7.17. The van der Waals surface area contributed by atoms with Gasteiger partial charge in [-0.05, 0) is 24.6 Å². The van der Waals surface area contributed by atoms with Crippen LogP contribution in [0, 0.1) is 10.1 Å². The summed E-state index contributed by atoms with van der Waals surface area (Å²) in [5, 5.41) is 14.0. The van der Waals surface area contributed by atoms with Crippen LogP contribution in [0.4, 0.5) is 0 Å². The van der Waals surface area contributed by atoms with E-state index in [0.29, 0.717) is 16.5 Å². The van der Waals surface area contributed by atoms with Gasteiger partial charge in [-0.15, -0.1) is 0 Å². The minimum atomic E-state index is -0.762. The molecule has 1 aromatic rings. The first kappa shape index (κ1) is 17.6. The largest absolute Gasteiger partial charge is 0.370 e. The monoisotopic (exact) mass is 354 g/mol. The average molecular weight is 355 g/mol. The second-order valence-corrected chi connectivity index (χ2v) is 6.74. The molecule has 8 heteroatoms. The second-order valence-electron chi connectivity index (χ2n) is 5.24. The lowest BCUT2D eigenvalue weighted by Gasteiger charge is -2.19. The lowest BCUT2D eigenvalue weighted by atomic mass is 10.2. The van der Waals surface area contributed by atoms with Crippen LogP contribution in [0.1, 0.15) is 12.5 Å². The fraction of sp³-hybridized carbons (Fsp3) is 0.400. The average Bonchev–Trinajstić information content (AvgIpc) is 2.92. The van der Waals surface area contributed by atoms with E-state index in [1.54, 1.807) is 19.2 Å². The van der Waals surface area contributed by atoms with Gasteiger partial charge in [0, 0.05) is 42.1 Å². The van der Waals surface area contributed by atoms with E-state index in [0.717, 1.165) is 31.0 Å². The van der Waals surface area contributed by atoms with Crippen LogP contribution in [0.3, 0.4) is 0 Å². The maximum absolute atomic E-state index is 11.0. The Labute approximate surface area is 144 Å². The zero-order chi connectivity index (χ0) is 16.8. The van der Waals surface area contributed by atoms with Gasteiger partial charge in [0.2, 0.25) is 0 Å². The van der Waals surface area contributed by atoms with E-state index in [4.69, 9.17) is 11.6 Å². The number of nitrogens with one attached hydrogen (secondary N) is 1. The summed E-state index contributed by atoms with van der Waals surface area (Å²) in [5.41, 5.74) is 1.63. The molecule has 1 unspecified atom stereocenters. The molecule has 23 heavy (non-hydrogen) atoms. The standard InChI is InChI=1S/C15H19ClN4O2S/c1-11(2)15(20(21)22)23-8-5-14-17-6-7-19(14)10-12-3-4-13(16)18-9-12/h3-5,9,15,17H,1,6-8,10H2,2H3. The Kier molecular flexibility index (Phi) is 6.29. The van der Waals surface area contributed by atoms with Crippen LogP contribution < -0.4 is 5.32 Å². The van der Waals surface area contributed by atoms with Crippen molar-refractivity contribution >= 4 is 23.4 Å². The molecule has 124 valence electrons. The first-order chi connectivity index (χ1) is 11.0. The lowest BCUT2D eigenvalue weighted by molar-refractivity contribution is -0.485. The maximum atomic E-state index is 11.0. The number of rotatable bonds is 7. The molecule has 2 heterocycles. The molecule has 6 nitrogen and oxygen atoms in total. The number of hydrogen-bond donors (Lipinski definition) is 1. The van der Waals surface area contributed by atoms with Crippen molar-refractivity contribution < 1.29 is 4.92 Å². The van der Waals surface area contributed by atoms with E-state index in [1.165, 1.54) is 11.8 Å². The summed E-state index contributed by atoms with van der Waals surface area (Å²) >= 11 is 7.06. The Morgan fingerprint density at radius 3 is 3.09 bits per heavy atom. The third-order valence-corrected chi connectivity index (χ3v) is 4.81. The second kappa shape index (κ2) is 8.21. The SMILES string of the molecule is C=C(C)C(SCC=C1NCCN1Cc1ccc(Cl)nc1)[N+](=O)[O-]. The molecule has 1 aliphatic heterocycles. The van der Waals surface area contributed by atoms with E-state index < -0.39 is 5.37 Å². The number of aromatic nitrogens is 1. The third-order valence-electron chi connectivity index (χ3n) is 3.33. The van der Waals surface area contributed by atoms with E-state index in [1.807, 2.05) is 12.1 Å². The van der Waals surface area contributed by atoms with Gasteiger partial charge < -0.3 is 10.2 Å². The molecular formula is C15H19ClN4O2S. The highest BCUT2D eigenvalue weighted by atomic mass is 35.5. The van der Waals surface area contributed by atoms with Gasteiger partial charge in [-0.2, -0.15) is 0 Å². The van der Waals surface area contributed by atoms with Crippen molar-refractivity contribution in [3.05, 3.63) is 63.2 Å². The Morgan fingerprint density at radius 2 is 2.48 bits per heavy atom. The van der Waals surface area contributed by atoms with Crippen molar-refractivity contribution in [3.8, 4) is 0 Å². The molecule has 0 aromatic carbocycles. The highest BCUT2D eigenvalue weighted by Gasteiger charge is 2.21. The predicted molar refractivity (Wildman–Crippen MR) is 93.8 cm³/mol. The summed E-state index contributed by atoms with van der Waals surface area (Å²) < 4.78 is 0. The molecule has 1 saturated heterocycles. The number of halogens is 1. The molecule has 0 radical (unpaired) electrons. The van der Waals surface area contributed by atoms with Crippen molar-refractivity contribution in [1.29, 1.82) is 0 Å². The molecule has 0 bridgehead atoms. The lowest BCUT2D eigenvalue weighted by Crippen LogP contribution is -2.20. The molecule has 0 amide bonds. The van der Waals surface area contributed by atoms with E-state index in [9.17, 15) is 10.1 Å². The summed E-state index contributed by atoms with van der Waals surface area (Å²) in [6.45, 7) is 7.83. The minimum Gasteiger partial charge on any atom is -0.370 e. The molecular weight excluding hydrogens is 336 g/mol. The van der Waals surface area contributed by atoms with E-state index in [-0.39, 0.29) is 4.92 Å². The van der Waals surface area contributed by atoms with Gasteiger partial charge >= 0.3 is 0 Å². The molecule has 0 aliphatic carbocycles. The van der Waals surface area contributed by atoms with Gasteiger partial charge in [0.25, 0.3) is 5.37 Å². The van der Waals surface area contributed by atoms with Crippen LogP contribution in [-0.2, 0) is 6.54 Å². The van der Waals surface area contributed by atoms with Gasteiger partial charge in [0.15, 0.2) is 0 Å². The fourth-order valence-corrected chi connectivity index (χ4v) is 3.19. The number of hydrogen-bond acceptors (Lipinski definition) is 6. The Bertz CT molecular complexity index is 592. The predicted octanol–water partition coefficient (Wildman–Crippen LogP) is 2.89. The van der Waals surface area contributed by atoms with E-state index in [2.05, 4.69) is 21.8 Å². The van der Waals surface area contributed by atoms with Gasteiger partial charge in [-0.3, -0.25) is 10.1 Å². The van der Waals surface area contributed by atoms with Gasteiger partial charge in [0.05, 0.1) is 5.82 Å². The van der Waals surface area contributed by atoms with Gasteiger partial charge in [-0.1, -0.05) is 36.0 Å². The Balaban J connectivity index is 1.94. The van der Waals surface area contributed by atoms with E-state index >= 15 is 0 Å². The van der Waals surface area contributed by atoms with Crippen molar-refractivity contribution in [3.63, 3.8) is 0 Å². The highest BCUT2D eigenvalue weighted by molar-refractivity contribution is 8.00. The van der Waals surface area contributed by atoms with Crippen molar-refractivity contribution in [2.75, 3.05) is 18.8 Å². The molecule has 0 spiro atoms. The zero-order valence-electron chi connectivity index (χ0n) is 12.9. The zero-order valence-corrected chi connectivity index (χ0v) is 14.4. The van der Waals surface area contributed by atoms with Crippen LogP contribution in [-0.4, -0.2) is 39.0 Å². The van der Waals surface area contributed by atoms with Crippen molar-refractivity contribution in [1.82, 2.24) is 15.2 Å². The summed E-state index contributed by atoms with van der Waals surface area (Å²) in [4.78, 5) is 16.9. The number of pyridine rings is 1. The van der Waals surface area contributed by atoms with Crippen LogP contribution in [0.5, 0.6) is 0 Å². The molecule has 0 saturated carbocycles. The van der Waals surface area contributed by atoms with Gasteiger partial charge in [-0.25, -0.2) is 4.98 Å². The maximum Gasteiger partial charge on any atom is 0.279 e. The van der Waals surface area contributed by atoms with Gasteiger partial charge in [0.1, 0.15) is 5.15 Å². The molecule has 1 atom stereocenters. The van der Waals surface area contributed by atoms with Crippen LogP contribution >= 0.6 is 23.4 Å². The molecule has 2 rings (SSSR count). The van der Waals surface area contributed by atoms with Crippen LogP contribution in [0.2, 0.25) is 5.15 Å². The number of nitro groups is 1. The number of thioether (sulfide) groups is 1. The summed E-state index contributed by atoms with van der Waals surface area (Å²) in [6, 6.07) is 3.72. The Hall–Kier alpha value is -1.73. The normalized spacial score (nSPS) is 17.1. The topological polar surface area (TPSA) is 71.3 Å². The molecule has 1 aromatic heterocycles. The quantitative estimate of drug-likeness (QED) is 0.267. The Morgan fingerprint density at radius 1 is 1.70 bits per heavy atom. The number of nitrogens with zero attached hydrogens (tertiary/aromatic N) is 3. The summed E-state index contributed by atoms with van der Waals surface area (Å²) in [6.07, 6.45) is 3.75. The van der Waals surface area contributed by atoms with Crippen molar-refractivity contribution in [2.24, 2.45) is 0 Å². The molecule has 1 fully saturated rings. The fourth-order valence-electron chi connectivity index (χ4n) is 2.24. The van der Waals surface area contributed by atoms with Crippen LogP contribution in [0.15, 0.2) is 42.4 Å². The molecule has 1 N–H and O–H groups in total. The summed E-state index contributed by atoms with van der Waals surface area (Å²) in [5.74, 6) is 1.55. The minimum absolute atomic E-state index is 0.301. The first-order valence-corrected chi connectivity index (χ1v) is 8.60. The summed E-state index contributed by atoms with van der Waals surface area (Å²) in [7, 11) is 0. The third kappa shape index (κ3) is 5.14. The van der Waals surface area contributed by atoms with Crippen LogP contribution in [0.25, 0.3) is 0 Å². The van der Waals surface area contributed by atoms with Crippen molar-refractivity contribution in [2.45, 2.75) is 18.8 Å². The highest BCUT2D eigenvalue weighted by Crippen LogP contribution is 2.20. The molecule has 1 aliphatic rings. The smallest absolute Gasteiger partial charge is 0.279 e.